The van der Waals surface area contributed by atoms with Crippen molar-refractivity contribution in [3.05, 3.63) is 65.7 Å². The Morgan fingerprint density at radius 2 is 1.72 bits per heavy atom. The number of anilines is 2. The fraction of sp³-hybridized carbons (Fsp3) is 0.0588. The number of amides is 2. The van der Waals surface area contributed by atoms with Crippen molar-refractivity contribution in [2.45, 2.75) is 6.18 Å². The Kier molecular flexibility index (Phi) is 5.43. The highest BCUT2D eigenvalue weighted by Crippen LogP contribution is 2.30. The molecule has 2 rings (SSSR count). The van der Waals surface area contributed by atoms with Gasteiger partial charge in [-0.05, 0) is 35.9 Å². The summed E-state index contributed by atoms with van der Waals surface area (Å²) in [5, 5.41) is 13.4. The van der Waals surface area contributed by atoms with Gasteiger partial charge in [0.2, 0.25) is 0 Å². The average molecular weight is 350 g/mol. The first-order valence-electron chi connectivity index (χ1n) is 7.01. The molecule has 5 nitrogen and oxygen atoms in total. The minimum atomic E-state index is -4.51. The van der Waals surface area contributed by atoms with Crippen LogP contribution in [0.15, 0.2) is 54.6 Å². The van der Waals surface area contributed by atoms with Gasteiger partial charge in [-0.25, -0.2) is 9.59 Å². The van der Waals surface area contributed by atoms with Crippen LogP contribution >= 0.6 is 0 Å². The van der Waals surface area contributed by atoms with E-state index in [0.717, 1.165) is 18.2 Å². The minimum Gasteiger partial charge on any atom is -0.478 e. The number of nitrogens with one attached hydrogen (secondary N) is 2. The molecular weight excluding hydrogens is 337 g/mol. The van der Waals surface area contributed by atoms with Crippen molar-refractivity contribution in [1.82, 2.24) is 0 Å². The standard InChI is InChI=1S/C17H13F3N2O3/c18-17(19,20)12-5-3-6-13(10-12)21-16(25)22-14-7-2-1-4-11(14)8-9-15(23)24/h1-10H,(H,23,24)(H2,21,22,25)/b9-8+. The van der Waals surface area contributed by atoms with Gasteiger partial charge < -0.3 is 15.7 Å². The SMILES string of the molecule is O=C(O)/C=C/c1ccccc1NC(=O)Nc1cccc(C(F)(F)F)c1. The quantitative estimate of drug-likeness (QED) is 0.713. The largest absolute Gasteiger partial charge is 0.478 e. The zero-order valence-corrected chi connectivity index (χ0v) is 12.7. The van der Waals surface area contributed by atoms with E-state index in [1.807, 2.05) is 0 Å². The zero-order valence-electron chi connectivity index (χ0n) is 12.7. The molecule has 0 spiro atoms. The first-order chi connectivity index (χ1) is 11.8. The van der Waals surface area contributed by atoms with E-state index in [1.165, 1.54) is 24.3 Å². The molecule has 0 fully saturated rings. The fourth-order valence-electron chi connectivity index (χ4n) is 1.98. The Balaban J connectivity index is 2.12. The van der Waals surface area contributed by atoms with Crippen LogP contribution in [0.5, 0.6) is 0 Å². The summed E-state index contributed by atoms with van der Waals surface area (Å²) in [6, 6.07) is 9.86. The van der Waals surface area contributed by atoms with Crippen LogP contribution in [0, 0.1) is 0 Å². The van der Waals surface area contributed by atoms with E-state index in [9.17, 15) is 22.8 Å². The number of rotatable bonds is 4. The maximum Gasteiger partial charge on any atom is 0.416 e. The molecule has 0 heterocycles. The van der Waals surface area contributed by atoms with Crippen molar-refractivity contribution < 1.29 is 27.9 Å². The molecule has 2 amide bonds. The van der Waals surface area contributed by atoms with Crippen LogP contribution in [-0.4, -0.2) is 17.1 Å². The van der Waals surface area contributed by atoms with E-state index in [-0.39, 0.29) is 5.69 Å². The van der Waals surface area contributed by atoms with E-state index in [0.29, 0.717) is 11.3 Å². The molecule has 25 heavy (non-hydrogen) atoms. The van der Waals surface area contributed by atoms with Crippen LogP contribution in [-0.2, 0) is 11.0 Å². The number of carbonyl (C=O) groups is 2. The number of benzene rings is 2. The van der Waals surface area contributed by atoms with Gasteiger partial charge in [-0.15, -0.1) is 0 Å². The Labute approximate surface area is 140 Å². The highest BCUT2D eigenvalue weighted by molar-refractivity contribution is 6.01. The van der Waals surface area contributed by atoms with Crippen LogP contribution in [0.25, 0.3) is 6.08 Å². The van der Waals surface area contributed by atoms with Crippen molar-refractivity contribution >= 4 is 29.5 Å². The molecule has 0 aromatic heterocycles. The zero-order chi connectivity index (χ0) is 18.4. The number of urea groups is 1. The first-order valence-corrected chi connectivity index (χ1v) is 7.01. The second kappa shape index (κ2) is 7.52. The summed E-state index contributed by atoms with van der Waals surface area (Å²) < 4.78 is 38.0. The van der Waals surface area contributed by atoms with Gasteiger partial charge in [0.25, 0.3) is 0 Å². The lowest BCUT2D eigenvalue weighted by Gasteiger charge is -2.12. The van der Waals surface area contributed by atoms with Gasteiger partial charge in [0.15, 0.2) is 0 Å². The molecule has 3 N–H and O–H groups in total. The van der Waals surface area contributed by atoms with E-state index in [2.05, 4.69) is 10.6 Å². The van der Waals surface area contributed by atoms with Crippen LogP contribution in [0.3, 0.4) is 0 Å². The van der Waals surface area contributed by atoms with Gasteiger partial charge in [0.1, 0.15) is 0 Å². The number of halogens is 3. The summed E-state index contributed by atoms with van der Waals surface area (Å²) >= 11 is 0. The van der Waals surface area contributed by atoms with Crippen LogP contribution in [0.1, 0.15) is 11.1 Å². The van der Waals surface area contributed by atoms with Crippen molar-refractivity contribution in [1.29, 1.82) is 0 Å². The summed E-state index contributed by atoms with van der Waals surface area (Å²) in [5.74, 6) is -1.15. The highest BCUT2D eigenvalue weighted by Gasteiger charge is 2.30. The summed E-state index contributed by atoms with van der Waals surface area (Å²) in [4.78, 5) is 22.6. The Morgan fingerprint density at radius 3 is 2.40 bits per heavy atom. The number of carbonyl (C=O) groups excluding carboxylic acids is 1. The number of carboxylic acid groups (broad SMARTS) is 1. The van der Waals surface area contributed by atoms with Gasteiger partial charge in [-0.2, -0.15) is 13.2 Å². The third kappa shape index (κ3) is 5.38. The summed E-state index contributed by atoms with van der Waals surface area (Å²) in [7, 11) is 0. The monoisotopic (exact) mass is 350 g/mol. The predicted octanol–water partition coefficient (Wildman–Crippen LogP) is 4.45. The van der Waals surface area contributed by atoms with E-state index >= 15 is 0 Å². The third-order valence-electron chi connectivity index (χ3n) is 3.06. The second-order valence-electron chi connectivity index (χ2n) is 4.92. The molecule has 0 aliphatic rings. The van der Waals surface area contributed by atoms with Crippen molar-refractivity contribution in [2.24, 2.45) is 0 Å². The lowest BCUT2D eigenvalue weighted by molar-refractivity contribution is -0.137. The number of aliphatic carboxylic acids is 1. The molecule has 0 unspecified atom stereocenters. The van der Waals surface area contributed by atoms with E-state index < -0.39 is 23.7 Å². The summed E-state index contributed by atoms with van der Waals surface area (Å²) in [6.07, 6.45) is -2.31. The molecule has 0 aliphatic carbocycles. The molecule has 8 heteroatoms. The summed E-state index contributed by atoms with van der Waals surface area (Å²) in [5.41, 5.74) is -0.158. The van der Waals surface area contributed by atoms with Crippen molar-refractivity contribution in [2.75, 3.05) is 10.6 Å². The molecule has 130 valence electrons. The third-order valence-corrected chi connectivity index (χ3v) is 3.06. The molecule has 0 atom stereocenters. The Morgan fingerprint density at radius 1 is 1.00 bits per heavy atom. The molecule has 2 aromatic rings. The molecule has 0 bridgehead atoms. The number of carboxylic acids is 1. The maximum absolute atomic E-state index is 12.7. The minimum absolute atomic E-state index is 0.0223. The van der Waals surface area contributed by atoms with Crippen LogP contribution in [0.4, 0.5) is 29.3 Å². The molecule has 0 saturated carbocycles. The Bertz CT molecular complexity index is 817. The van der Waals surface area contributed by atoms with Gasteiger partial charge in [-0.1, -0.05) is 24.3 Å². The van der Waals surface area contributed by atoms with Crippen molar-refractivity contribution in [3.63, 3.8) is 0 Å². The lowest BCUT2D eigenvalue weighted by Crippen LogP contribution is -2.20. The van der Waals surface area contributed by atoms with Gasteiger partial charge in [-0.3, -0.25) is 0 Å². The van der Waals surface area contributed by atoms with E-state index in [1.54, 1.807) is 18.2 Å². The fourth-order valence-corrected chi connectivity index (χ4v) is 1.98. The normalized spacial score (nSPS) is 11.3. The molecule has 0 radical (unpaired) electrons. The summed E-state index contributed by atoms with van der Waals surface area (Å²) in [6.45, 7) is 0. The molecule has 0 aliphatic heterocycles. The molecule has 2 aromatic carbocycles. The average Bonchev–Trinajstić information content (AvgIpc) is 2.53. The second-order valence-corrected chi connectivity index (χ2v) is 4.92. The van der Waals surface area contributed by atoms with Crippen molar-refractivity contribution in [3.8, 4) is 0 Å². The number of hydrogen-bond donors (Lipinski definition) is 3. The molecule has 0 saturated heterocycles. The number of hydrogen-bond acceptors (Lipinski definition) is 2. The molecular formula is C17H13F3N2O3. The smallest absolute Gasteiger partial charge is 0.416 e. The highest BCUT2D eigenvalue weighted by atomic mass is 19.4. The number of alkyl halides is 3. The maximum atomic E-state index is 12.7. The van der Waals surface area contributed by atoms with E-state index in [4.69, 9.17) is 5.11 Å². The van der Waals surface area contributed by atoms with Gasteiger partial charge >= 0.3 is 18.2 Å². The van der Waals surface area contributed by atoms with Crippen LogP contribution in [0.2, 0.25) is 0 Å². The number of para-hydroxylation sites is 1. The lowest BCUT2D eigenvalue weighted by atomic mass is 10.1. The predicted molar refractivity (Wildman–Crippen MR) is 87.2 cm³/mol. The first kappa shape index (κ1) is 18.1. The van der Waals surface area contributed by atoms with Gasteiger partial charge in [0, 0.05) is 17.5 Å². The Hall–Kier alpha value is -3.29. The topological polar surface area (TPSA) is 78.4 Å². The van der Waals surface area contributed by atoms with Gasteiger partial charge in [0.05, 0.1) is 5.56 Å². The van der Waals surface area contributed by atoms with Crippen LogP contribution < -0.4 is 10.6 Å².